The zero-order chi connectivity index (χ0) is 20.2. The van der Waals surface area contributed by atoms with Crippen molar-refractivity contribution in [2.75, 3.05) is 19.6 Å². The monoisotopic (exact) mass is 396 g/mol. The minimum absolute atomic E-state index is 0.00360. The van der Waals surface area contributed by atoms with E-state index in [4.69, 9.17) is 0 Å². The molecule has 2 amide bonds. The Balaban J connectivity index is 1.36. The lowest BCUT2D eigenvalue weighted by molar-refractivity contribution is -0.137. The molecule has 1 aromatic carbocycles. The van der Waals surface area contributed by atoms with Crippen LogP contribution in [-0.4, -0.2) is 51.0 Å². The molecule has 3 atom stereocenters. The van der Waals surface area contributed by atoms with E-state index in [2.05, 4.69) is 5.10 Å². The fourth-order valence-corrected chi connectivity index (χ4v) is 5.28. The second-order valence-corrected chi connectivity index (χ2v) is 8.79. The lowest BCUT2D eigenvalue weighted by Gasteiger charge is -2.30. The maximum atomic E-state index is 13.9. The number of likely N-dealkylation sites (tertiary alicyclic amines) is 2. The van der Waals surface area contributed by atoms with Crippen molar-refractivity contribution in [3.05, 3.63) is 54.1 Å². The summed E-state index contributed by atoms with van der Waals surface area (Å²) in [6.45, 7) is 4.10. The maximum absolute atomic E-state index is 13.9. The van der Waals surface area contributed by atoms with Crippen LogP contribution in [0.4, 0.5) is 4.39 Å². The van der Waals surface area contributed by atoms with Gasteiger partial charge in [0.1, 0.15) is 5.82 Å². The number of amides is 2. The van der Waals surface area contributed by atoms with Crippen LogP contribution in [0.2, 0.25) is 0 Å². The molecule has 3 aliphatic rings. The van der Waals surface area contributed by atoms with E-state index in [0.29, 0.717) is 26.2 Å². The van der Waals surface area contributed by atoms with Crippen molar-refractivity contribution in [1.82, 2.24) is 19.6 Å². The van der Waals surface area contributed by atoms with E-state index >= 15 is 0 Å². The topological polar surface area (TPSA) is 58.4 Å². The van der Waals surface area contributed by atoms with Gasteiger partial charge in [-0.25, -0.2) is 4.39 Å². The molecule has 2 aromatic rings. The van der Waals surface area contributed by atoms with Gasteiger partial charge in [-0.2, -0.15) is 5.10 Å². The number of halogens is 1. The molecule has 1 saturated carbocycles. The second kappa shape index (κ2) is 6.68. The SMILES string of the molecule is CC(=O)N1C[C@H]2CN(C(=O)C3(Cn4cccn4)CC3)C[C@H]2[C@H]1c1cccc(F)c1. The van der Waals surface area contributed by atoms with Crippen LogP contribution in [0.15, 0.2) is 42.7 Å². The molecule has 0 unspecified atom stereocenters. The van der Waals surface area contributed by atoms with Crippen LogP contribution in [-0.2, 0) is 16.1 Å². The molecule has 1 aromatic heterocycles. The van der Waals surface area contributed by atoms with Crippen molar-refractivity contribution in [3.63, 3.8) is 0 Å². The number of nitrogens with zero attached hydrogens (tertiary/aromatic N) is 4. The van der Waals surface area contributed by atoms with Crippen LogP contribution in [0.25, 0.3) is 0 Å². The number of rotatable bonds is 4. The van der Waals surface area contributed by atoms with Gasteiger partial charge in [0.15, 0.2) is 0 Å². The third-order valence-corrected chi connectivity index (χ3v) is 6.88. The minimum atomic E-state index is -0.334. The quantitative estimate of drug-likeness (QED) is 0.798. The second-order valence-electron chi connectivity index (χ2n) is 8.79. The number of hydrogen-bond acceptors (Lipinski definition) is 3. The van der Waals surface area contributed by atoms with Crippen molar-refractivity contribution < 1.29 is 14.0 Å². The van der Waals surface area contributed by atoms with Gasteiger partial charge in [-0.15, -0.1) is 0 Å². The Morgan fingerprint density at radius 3 is 2.69 bits per heavy atom. The number of carbonyl (C=O) groups is 2. The number of fused-ring (bicyclic) bond motifs is 1. The third kappa shape index (κ3) is 3.12. The predicted octanol–water partition coefficient (Wildman–Crippen LogP) is 2.48. The standard InChI is InChI=1S/C22H25FN4O2/c1-15(28)27-12-17-11-25(13-19(17)20(27)16-4-2-5-18(23)10-16)21(29)22(6-7-22)14-26-9-3-8-24-26/h2-5,8-10,17,19-20H,6-7,11-14H2,1H3/t17-,19-,20-/m1/s1. The lowest BCUT2D eigenvalue weighted by atomic mass is 9.89. The number of aromatic nitrogens is 2. The number of carbonyl (C=O) groups excluding carboxylic acids is 2. The summed E-state index contributed by atoms with van der Waals surface area (Å²) < 4.78 is 15.7. The maximum Gasteiger partial charge on any atom is 0.230 e. The van der Waals surface area contributed by atoms with Crippen LogP contribution in [0, 0.1) is 23.1 Å². The first-order valence-corrected chi connectivity index (χ1v) is 10.3. The van der Waals surface area contributed by atoms with Gasteiger partial charge >= 0.3 is 0 Å². The van der Waals surface area contributed by atoms with Crippen LogP contribution in [0.3, 0.4) is 0 Å². The number of benzene rings is 1. The first kappa shape index (κ1) is 18.3. The molecule has 3 fully saturated rings. The Bertz CT molecular complexity index is 940. The van der Waals surface area contributed by atoms with Crippen LogP contribution >= 0.6 is 0 Å². The average Bonchev–Trinajstić information content (AvgIpc) is 3.03. The van der Waals surface area contributed by atoms with E-state index in [-0.39, 0.29) is 40.9 Å². The molecule has 5 rings (SSSR count). The highest BCUT2D eigenvalue weighted by Crippen LogP contribution is 2.51. The molecule has 7 heteroatoms. The molecule has 0 radical (unpaired) electrons. The molecule has 0 N–H and O–H groups in total. The highest BCUT2D eigenvalue weighted by Gasteiger charge is 2.56. The highest BCUT2D eigenvalue weighted by atomic mass is 19.1. The van der Waals surface area contributed by atoms with Gasteiger partial charge in [0.05, 0.1) is 18.0 Å². The first-order valence-electron chi connectivity index (χ1n) is 10.3. The van der Waals surface area contributed by atoms with Crippen molar-refractivity contribution in [3.8, 4) is 0 Å². The van der Waals surface area contributed by atoms with E-state index in [0.717, 1.165) is 18.4 Å². The Hall–Kier alpha value is -2.70. The molecule has 2 saturated heterocycles. The smallest absolute Gasteiger partial charge is 0.230 e. The Labute approximate surface area is 169 Å². The van der Waals surface area contributed by atoms with Crippen molar-refractivity contribution in [2.45, 2.75) is 32.4 Å². The normalized spacial score (nSPS) is 27.2. The lowest BCUT2D eigenvalue weighted by Crippen LogP contribution is -2.41. The summed E-state index contributed by atoms with van der Waals surface area (Å²) in [5.74, 6) is 0.289. The summed E-state index contributed by atoms with van der Waals surface area (Å²) >= 11 is 0. The molecular weight excluding hydrogens is 371 g/mol. The van der Waals surface area contributed by atoms with Gasteiger partial charge < -0.3 is 9.80 Å². The zero-order valence-electron chi connectivity index (χ0n) is 16.5. The highest BCUT2D eigenvalue weighted by molar-refractivity contribution is 5.85. The van der Waals surface area contributed by atoms with E-state index in [1.807, 2.05) is 32.8 Å². The van der Waals surface area contributed by atoms with Gasteiger partial charge in [-0.3, -0.25) is 14.3 Å². The molecule has 0 spiro atoms. The largest absolute Gasteiger partial charge is 0.341 e. The van der Waals surface area contributed by atoms with Crippen LogP contribution in [0.1, 0.15) is 31.4 Å². The molecule has 152 valence electrons. The summed E-state index contributed by atoms with van der Waals surface area (Å²) in [7, 11) is 0. The molecule has 3 heterocycles. The fraction of sp³-hybridized carbons (Fsp3) is 0.500. The van der Waals surface area contributed by atoms with Crippen LogP contribution in [0.5, 0.6) is 0 Å². The van der Waals surface area contributed by atoms with Gasteiger partial charge in [-0.05, 0) is 36.6 Å². The summed E-state index contributed by atoms with van der Waals surface area (Å²) in [5.41, 5.74) is 0.485. The van der Waals surface area contributed by atoms with E-state index in [1.54, 1.807) is 19.2 Å². The first-order chi connectivity index (χ1) is 14.0. The zero-order valence-corrected chi connectivity index (χ0v) is 16.5. The summed E-state index contributed by atoms with van der Waals surface area (Å²) in [4.78, 5) is 29.4. The summed E-state index contributed by atoms with van der Waals surface area (Å²) in [6, 6.07) is 8.22. The Morgan fingerprint density at radius 1 is 1.21 bits per heavy atom. The van der Waals surface area contributed by atoms with Crippen molar-refractivity contribution >= 4 is 11.8 Å². The minimum Gasteiger partial charge on any atom is -0.341 e. The van der Waals surface area contributed by atoms with E-state index in [1.165, 1.54) is 12.1 Å². The average molecular weight is 396 g/mol. The van der Waals surface area contributed by atoms with Crippen molar-refractivity contribution in [1.29, 1.82) is 0 Å². The van der Waals surface area contributed by atoms with E-state index in [9.17, 15) is 14.0 Å². The molecule has 29 heavy (non-hydrogen) atoms. The molecular formula is C22H25FN4O2. The van der Waals surface area contributed by atoms with Crippen LogP contribution < -0.4 is 0 Å². The summed E-state index contributed by atoms with van der Waals surface area (Å²) in [6.07, 6.45) is 5.42. The van der Waals surface area contributed by atoms with Gasteiger partial charge in [0.2, 0.25) is 11.8 Å². The van der Waals surface area contributed by atoms with Gasteiger partial charge in [0, 0.05) is 50.8 Å². The third-order valence-electron chi connectivity index (χ3n) is 6.88. The van der Waals surface area contributed by atoms with Gasteiger partial charge in [-0.1, -0.05) is 12.1 Å². The molecule has 2 aliphatic heterocycles. The predicted molar refractivity (Wildman–Crippen MR) is 104 cm³/mol. The molecule has 0 bridgehead atoms. The fourth-order valence-electron chi connectivity index (χ4n) is 5.28. The van der Waals surface area contributed by atoms with E-state index < -0.39 is 0 Å². The van der Waals surface area contributed by atoms with Gasteiger partial charge in [0.25, 0.3) is 0 Å². The Morgan fingerprint density at radius 2 is 2.03 bits per heavy atom. The summed E-state index contributed by atoms with van der Waals surface area (Å²) in [5, 5.41) is 4.26. The molecule has 6 nitrogen and oxygen atoms in total. The van der Waals surface area contributed by atoms with Crippen molar-refractivity contribution in [2.24, 2.45) is 17.3 Å². The number of hydrogen-bond donors (Lipinski definition) is 0. The Kier molecular flexibility index (Phi) is 4.22. The molecule has 1 aliphatic carbocycles.